The lowest BCUT2D eigenvalue weighted by atomic mass is 10.2. The van der Waals surface area contributed by atoms with E-state index < -0.39 is 23.4 Å². The highest BCUT2D eigenvalue weighted by atomic mass is 35.5. The Balaban J connectivity index is 1.69. The van der Waals surface area contributed by atoms with Crippen molar-refractivity contribution in [3.63, 3.8) is 0 Å². The predicted molar refractivity (Wildman–Crippen MR) is 99.2 cm³/mol. The lowest BCUT2D eigenvalue weighted by Crippen LogP contribution is -2.21. The average molecular weight is 406 g/mol. The molecule has 0 fully saturated rings. The SMILES string of the molecule is Cc1c(C(=O)Nc2ccccc2Cl)nnn1CC(=O)Nc1ccc(F)cc1F. The number of rotatable bonds is 5. The number of halogens is 3. The van der Waals surface area contributed by atoms with Crippen LogP contribution in [0.4, 0.5) is 20.2 Å². The first-order chi connectivity index (χ1) is 13.3. The Kier molecular flexibility index (Phi) is 5.65. The first-order valence-corrected chi connectivity index (χ1v) is 8.44. The summed E-state index contributed by atoms with van der Waals surface area (Å²) in [6.45, 7) is 1.25. The Morgan fingerprint density at radius 1 is 1.11 bits per heavy atom. The molecule has 0 spiro atoms. The molecular weight excluding hydrogens is 392 g/mol. The molecule has 7 nitrogen and oxygen atoms in total. The van der Waals surface area contributed by atoms with Crippen LogP contribution in [0.3, 0.4) is 0 Å². The summed E-state index contributed by atoms with van der Waals surface area (Å²) in [7, 11) is 0. The van der Waals surface area contributed by atoms with Crippen molar-refractivity contribution in [2.75, 3.05) is 10.6 Å². The molecule has 0 aliphatic rings. The molecule has 28 heavy (non-hydrogen) atoms. The molecule has 2 amide bonds. The van der Waals surface area contributed by atoms with E-state index in [1.54, 1.807) is 31.2 Å². The molecule has 3 aromatic rings. The number of anilines is 2. The lowest BCUT2D eigenvalue weighted by Gasteiger charge is -2.08. The molecule has 2 aromatic carbocycles. The summed E-state index contributed by atoms with van der Waals surface area (Å²) in [6, 6.07) is 9.49. The summed E-state index contributed by atoms with van der Waals surface area (Å²) in [5.41, 5.74) is 0.591. The zero-order valence-corrected chi connectivity index (χ0v) is 15.3. The lowest BCUT2D eigenvalue weighted by molar-refractivity contribution is -0.117. The van der Waals surface area contributed by atoms with Gasteiger partial charge in [-0.1, -0.05) is 28.9 Å². The molecule has 2 N–H and O–H groups in total. The van der Waals surface area contributed by atoms with E-state index in [1.807, 2.05) is 0 Å². The molecule has 1 aromatic heterocycles. The maximum Gasteiger partial charge on any atom is 0.278 e. The van der Waals surface area contributed by atoms with Gasteiger partial charge in [-0.2, -0.15) is 0 Å². The van der Waals surface area contributed by atoms with E-state index in [0.717, 1.165) is 12.1 Å². The van der Waals surface area contributed by atoms with E-state index in [0.29, 0.717) is 22.5 Å². The Bertz CT molecular complexity index is 1050. The van der Waals surface area contributed by atoms with Gasteiger partial charge < -0.3 is 10.6 Å². The molecule has 0 aliphatic carbocycles. The van der Waals surface area contributed by atoms with Crippen LogP contribution in [0.25, 0.3) is 0 Å². The van der Waals surface area contributed by atoms with Crippen LogP contribution >= 0.6 is 11.6 Å². The molecule has 1 heterocycles. The van der Waals surface area contributed by atoms with Gasteiger partial charge in [0, 0.05) is 6.07 Å². The van der Waals surface area contributed by atoms with Crippen LogP contribution in [-0.2, 0) is 11.3 Å². The number of aromatic nitrogens is 3. The summed E-state index contributed by atoms with van der Waals surface area (Å²) >= 11 is 6.01. The molecule has 0 radical (unpaired) electrons. The minimum atomic E-state index is -0.900. The van der Waals surface area contributed by atoms with Crippen LogP contribution in [0.15, 0.2) is 42.5 Å². The zero-order valence-electron chi connectivity index (χ0n) is 14.5. The fourth-order valence-electron chi connectivity index (χ4n) is 2.38. The van der Waals surface area contributed by atoms with Gasteiger partial charge in [0.15, 0.2) is 5.69 Å². The van der Waals surface area contributed by atoms with Gasteiger partial charge in [-0.25, -0.2) is 13.5 Å². The van der Waals surface area contributed by atoms with Crippen molar-refractivity contribution in [3.8, 4) is 0 Å². The predicted octanol–water partition coefficient (Wildman–Crippen LogP) is 3.41. The Hall–Kier alpha value is -3.33. The number of hydrogen-bond acceptors (Lipinski definition) is 4. The summed E-state index contributed by atoms with van der Waals surface area (Å²) < 4.78 is 27.7. The highest BCUT2D eigenvalue weighted by Gasteiger charge is 2.19. The summed E-state index contributed by atoms with van der Waals surface area (Å²) in [4.78, 5) is 24.5. The summed E-state index contributed by atoms with van der Waals surface area (Å²) in [5, 5.41) is 12.9. The normalized spacial score (nSPS) is 10.6. The highest BCUT2D eigenvalue weighted by Crippen LogP contribution is 2.21. The van der Waals surface area contributed by atoms with E-state index >= 15 is 0 Å². The Labute approximate surface area is 163 Å². The van der Waals surface area contributed by atoms with Gasteiger partial charge in [0.05, 0.1) is 22.1 Å². The van der Waals surface area contributed by atoms with Crippen molar-refractivity contribution in [1.82, 2.24) is 15.0 Å². The van der Waals surface area contributed by atoms with Gasteiger partial charge in [0.1, 0.15) is 18.2 Å². The number of nitrogens with one attached hydrogen (secondary N) is 2. The number of benzene rings is 2. The van der Waals surface area contributed by atoms with Gasteiger partial charge in [-0.15, -0.1) is 5.10 Å². The van der Waals surface area contributed by atoms with Crippen molar-refractivity contribution in [2.45, 2.75) is 13.5 Å². The second-order valence-electron chi connectivity index (χ2n) is 5.79. The number of para-hydroxylation sites is 1. The van der Waals surface area contributed by atoms with Crippen molar-refractivity contribution in [3.05, 3.63) is 70.5 Å². The van der Waals surface area contributed by atoms with Crippen molar-refractivity contribution >= 4 is 34.8 Å². The maximum atomic E-state index is 13.6. The molecule has 0 bridgehead atoms. The first-order valence-electron chi connectivity index (χ1n) is 8.06. The minimum Gasteiger partial charge on any atom is -0.322 e. The van der Waals surface area contributed by atoms with E-state index in [9.17, 15) is 18.4 Å². The second kappa shape index (κ2) is 8.13. The monoisotopic (exact) mass is 405 g/mol. The van der Waals surface area contributed by atoms with Gasteiger partial charge in [0.2, 0.25) is 5.91 Å². The van der Waals surface area contributed by atoms with Gasteiger partial charge in [0.25, 0.3) is 5.91 Å². The Morgan fingerprint density at radius 2 is 1.86 bits per heavy atom. The fraction of sp³-hybridized carbons (Fsp3) is 0.111. The van der Waals surface area contributed by atoms with Crippen molar-refractivity contribution < 1.29 is 18.4 Å². The van der Waals surface area contributed by atoms with Crippen LogP contribution in [0.1, 0.15) is 16.2 Å². The van der Waals surface area contributed by atoms with Crippen LogP contribution in [0.5, 0.6) is 0 Å². The number of carbonyl (C=O) groups excluding carboxylic acids is 2. The van der Waals surface area contributed by atoms with E-state index in [1.165, 1.54) is 4.68 Å². The average Bonchev–Trinajstić information content (AvgIpc) is 3.00. The Morgan fingerprint density at radius 3 is 2.57 bits per heavy atom. The van der Waals surface area contributed by atoms with Crippen LogP contribution in [-0.4, -0.2) is 26.8 Å². The van der Waals surface area contributed by atoms with E-state index in [4.69, 9.17) is 11.6 Å². The van der Waals surface area contributed by atoms with E-state index in [2.05, 4.69) is 20.9 Å². The van der Waals surface area contributed by atoms with E-state index in [-0.39, 0.29) is 17.9 Å². The standard InChI is InChI=1S/C18H14ClF2N5O2/c1-10-17(18(28)23-14-5-3-2-4-12(14)19)24-25-26(10)9-16(27)22-15-7-6-11(20)8-13(15)21/h2-8H,9H2,1H3,(H,22,27)(H,23,28). The van der Waals surface area contributed by atoms with Gasteiger partial charge in [-0.05, 0) is 31.2 Å². The highest BCUT2D eigenvalue weighted by molar-refractivity contribution is 6.33. The van der Waals surface area contributed by atoms with Crippen LogP contribution < -0.4 is 10.6 Å². The molecule has 0 saturated heterocycles. The smallest absolute Gasteiger partial charge is 0.278 e. The number of hydrogen-bond donors (Lipinski definition) is 2. The van der Waals surface area contributed by atoms with Gasteiger partial charge in [-0.3, -0.25) is 9.59 Å². The first kappa shape index (κ1) is 19.4. The fourth-order valence-corrected chi connectivity index (χ4v) is 2.56. The van der Waals surface area contributed by atoms with Gasteiger partial charge >= 0.3 is 0 Å². The zero-order chi connectivity index (χ0) is 20.3. The van der Waals surface area contributed by atoms with Crippen molar-refractivity contribution in [2.24, 2.45) is 0 Å². The van der Waals surface area contributed by atoms with Crippen LogP contribution in [0.2, 0.25) is 5.02 Å². The number of amides is 2. The third-order valence-corrected chi connectivity index (χ3v) is 4.15. The maximum absolute atomic E-state index is 13.6. The molecule has 0 aliphatic heterocycles. The molecule has 0 saturated carbocycles. The number of nitrogens with zero attached hydrogens (tertiary/aromatic N) is 3. The topological polar surface area (TPSA) is 88.9 Å². The molecule has 0 unspecified atom stereocenters. The minimum absolute atomic E-state index is 0.0145. The summed E-state index contributed by atoms with van der Waals surface area (Å²) in [5.74, 6) is -2.81. The summed E-state index contributed by atoms with van der Waals surface area (Å²) in [6.07, 6.45) is 0. The third kappa shape index (κ3) is 4.32. The number of carbonyl (C=O) groups is 2. The van der Waals surface area contributed by atoms with Crippen molar-refractivity contribution in [1.29, 1.82) is 0 Å². The second-order valence-corrected chi connectivity index (χ2v) is 6.19. The molecule has 3 rings (SSSR count). The third-order valence-electron chi connectivity index (χ3n) is 3.82. The quantitative estimate of drug-likeness (QED) is 0.680. The largest absolute Gasteiger partial charge is 0.322 e. The van der Waals surface area contributed by atoms with Crippen LogP contribution in [0, 0.1) is 18.6 Å². The molecule has 10 heteroatoms. The molecule has 0 atom stereocenters. The molecular formula is C18H14ClF2N5O2. The molecule has 144 valence electrons.